The van der Waals surface area contributed by atoms with Crippen molar-refractivity contribution in [2.75, 3.05) is 13.2 Å². The highest BCUT2D eigenvalue weighted by molar-refractivity contribution is 5.77. The van der Waals surface area contributed by atoms with Crippen LogP contribution in [0.4, 0.5) is 0 Å². The minimum atomic E-state index is -0.902. The molecule has 0 saturated heterocycles. The third-order valence-electron chi connectivity index (χ3n) is 4.26. The van der Waals surface area contributed by atoms with E-state index in [4.69, 9.17) is 4.74 Å². The summed E-state index contributed by atoms with van der Waals surface area (Å²) in [4.78, 5) is 23.4. The Kier molecular flexibility index (Phi) is 8.30. The zero-order valence-corrected chi connectivity index (χ0v) is 15.0. The first kappa shape index (κ1) is 20.0. The fourth-order valence-corrected chi connectivity index (χ4v) is 2.26. The number of aliphatic carboxylic acids is 1. The van der Waals surface area contributed by atoms with Gasteiger partial charge in [-0.3, -0.25) is 9.59 Å². The van der Waals surface area contributed by atoms with E-state index in [2.05, 4.69) is 19.2 Å². The first-order valence-electron chi connectivity index (χ1n) is 8.54. The summed E-state index contributed by atoms with van der Waals surface area (Å²) < 4.78 is 5.38. The van der Waals surface area contributed by atoms with Crippen LogP contribution in [0.1, 0.15) is 39.7 Å². The molecule has 0 radical (unpaired) electrons. The van der Waals surface area contributed by atoms with E-state index >= 15 is 0 Å². The van der Waals surface area contributed by atoms with Crippen LogP contribution in [0.3, 0.4) is 0 Å². The number of rotatable bonds is 10. The molecule has 1 aromatic carbocycles. The van der Waals surface area contributed by atoms with E-state index in [9.17, 15) is 14.7 Å². The normalized spacial score (nSPS) is 13.4. The summed E-state index contributed by atoms with van der Waals surface area (Å²) in [6.07, 6.45) is 0.800. The van der Waals surface area contributed by atoms with Crippen molar-refractivity contribution in [2.24, 2.45) is 17.8 Å². The minimum absolute atomic E-state index is 0.0888. The second-order valence-electron chi connectivity index (χ2n) is 6.55. The Morgan fingerprint density at radius 3 is 2.29 bits per heavy atom. The van der Waals surface area contributed by atoms with Crippen molar-refractivity contribution in [2.45, 2.75) is 40.5 Å². The standard InChI is InChI=1S/C19H29NO4/c1-5-24-17-8-6-15(7-9-17)11-16(19(22)23)12-20-18(21)10-14(4)13(2)3/h6-9,13-14,16H,5,10-12H2,1-4H3,(H,20,21)(H,22,23). The van der Waals surface area contributed by atoms with Gasteiger partial charge in [-0.15, -0.1) is 0 Å². The number of carboxylic acid groups (broad SMARTS) is 1. The monoisotopic (exact) mass is 335 g/mol. The molecule has 2 atom stereocenters. The van der Waals surface area contributed by atoms with Gasteiger partial charge >= 0.3 is 5.97 Å². The number of nitrogens with one attached hydrogen (secondary N) is 1. The van der Waals surface area contributed by atoms with Crippen LogP contribution in [-0.2, 0) is 16.0 Å². The van der Waals surface area contributed by atoms with Gasteiger partial charge in [-0.2, -0.15) is 0 Å². The fourth-order valence-electron chi connectivity index (χ4n) is 2.26. The molecule has 0 heterocycles. The van der Waals surface area contributed by atoms with E-state index in [0.29, 0.717) is 25.4 Å². The second kappa shape index (κ2) is 9.96. The van der Waals surface area contributed by atoms with Crippen molar-refractivity contribution >= 4 is 11.9 Å². The van der Waals surface area contributed by atoms with Crippen LogP contribution in [-0.4, -0.2) is 30.1 Å². The molecule has 0 saturated carbocycles. The van der Waals surface area contributed by atoms with Gasteiger partial charge in [0.05, 0.1) is 12.5 Å². The average molecular weight is 335 g/mol. The molecule has 134 valence electrons. The number of carbonyl (C=O) groups excluding carboxylic acids is 1. The Labute approximate surface area is 144 Å². The number of amides is 1. The minimum Gasteiger partial charge on any atom is -0.494 e. The van der Waals surface area contributed by atoms with E-state index in [1.807, 2.05) is 38.1 Å². The topological polar surface area (TPSA) is 75.6 Å². The molecule has 1 rings (SSSR count). The van der Waals surface area contributed by atoms with Crippen LogP contribution in [0.5, 0.6) is 5.75 Å². The maximum atomic E-state index is 11.9. The van der Waals surface area contributed by atoms with Crippen LogP contribution in [0.2, 0.25) is 0 Å². The molecule has 0 fully saturated rings. The molecular formula is C19H29NO4. The first-order chi connectivity index (χ1) is 11.3. The Balaban J connectivity index is 2.55. The van der Waals surface area contributed by atoms with Gasteiger partial charge in [-0.05, 0) is 42.9 Å². The predicted molar refractivity (Wildman–Crippen MR) is 94.1 cm³/mol. The lowest BCUT2D eigenvalue weighted by Gasteiger charge is -2.17. The van der Waals surface area contributed by atoms with Gasteiger partial charge in [0.2, 0.25) is 5.91 Å². The highest BCUT2D eigenvalue weighted by atomic mass is 16.5. The summed E-state index contributed by atoms with van der Waals surface area (Å²) in [6, 6.07) is 7.40. The molecule has 0 aliphatic rings. The second-order valence-corrected chi connectivity index (χ2v) is 6.55. The zero-order valence-electron chi connectivity index (χ0n) is 15.0. The number of carbonyl (C=O) groups is 2. The molecule has 5 nitrogen and oxygen atoms in total. The van der Waals surface area contributed by atoms with Crippen molar-refractivity contribution in [3.8, 4) is 5.75 Å². The lowest BCUT2D eigenvalue weighted by atomic mass is 9.94. The molecule has 2 unspecified atom stereocenters. The number of benzene rings is 1. The van der Waals surface area contributed by atoms with E-state index in [1.165, 1.54) is 0 Å². The van der Waals surface area contributed by atoms with Crippen LogP contribution >= 0.6 is 0 Å². The summed E-state index contributed by atoms with van der Waals surface area (Å²) in [6.45, 7) is 8.83. The van der Waals surface area contributed by atoms with Crippen LogP contribution < -0.4 is 10.1 Å². The van der Waals surface area contributed by atoms with Gasteiger partial charge in [0.25, 0.3) is 0 Å². The smallest absolute Gasteiger partial charge is 0.308 e. The Hall–Kier alpha value is -2.04. The van der Waals surface area contributed by atoms with Crippen LogP contribution in [0, 0.1) is 17.8 Å². The van der Waals surface area contributed by atoms with Gasteiger partial charge in [0.15, 0.2) is 0 Å². The van der Waals surface area contributed by atoms with Gasteiger partial charge in [0, 0.05) is 13.0 Å². The number of carboxylic acids is 1. The average Bonchev–Trinajstić information content (AvgIpc) is 2.52. The lowest BCUT2D eigenvalue weighted by molar-refractivity contribution is -0.141. The summed E-state index contributed by atoms with van der Waals surface area (Å²) in [5, 5.41) is 12.1. The molecule has 0 aliphatic heterocycles. The summed E-state index contributed by atoms with van der Waals surface area (Å²) in [7, 11) is 0. The fraction of sp³-hybridized carbons (Fsp3) is 0.579. The first-order valence-corrected chi connectivity index (χ1v) is 8.54. The van der Waals surface area contributed by atoms with E-state index in [0.717, 1.165) is 11.3 Å². The van der Waals surface area contributed by atoms with Gasteiger partial charge in [0.1, 0.15) is 5.75 Å². The predicted octanol–water partition coefficient (Wildman–Crippen LogP) is 3.13. The number of ether oxygens (including phenoxy) is 1. The van der Waals surface area contributed by atoms with Crippen molar-refractivity contribution in [1.29, 1.82) is 0 Å². The SMILES string of the molecule is CCOc1ccc(CC(CNC(=O)CC(C)C(C)C)C(=O)O)cc1. The van der Waals surface area contributed by atoms with E-state index in [1.54, 1.807) is 0 Å². The maximum Gasteiger partial charge on any atom is 0.308 e. The largest absolute Gasteiger partial charge is 0.494 e. The molecule has 1 aromatic rings. The molecule has 2 N–H and O–H groups in total. The summed E-state index contributed by atoms with van der Waals surface area (Å²) in [5.41, 5.74) is 0.913. The van der Waals surface area contributed by atoms with Crippen LogP contribution in [0.25, 0.3) is 0 Å². The highest BCUT2D eigenvalue weighted by Gasteiger charge is 2.20. The molecule has 0 aromatic heterocycles. The molecule has 5 heteroatoms. The highest BCUT2D eigenvalue weighted by Crippen LogP contribution is 2.16. The van der Waals surface area contributed by atoms with Gasteiger partial charge < -0.3 is 15.2 Å². The molecule has 1 amide bonds. The molecule has 0 spiro atoms. The third kappa shape index (κ3) is 7.02. The van der Waals surface area contributed by atoms with Gasteiger partial charge in [-0.25, -0.2) is 0 Å². The molecular weight excluding hydrogens is 306 g/mol. The Morgan fingerprint density at radius 1 is 1.17 bits per heavy atom. The van der Waals surface area contributed by atoms with Crippen LogP contribution in [0.15, 0.2) is 24.3 Å². The third-order valence-corrected chi connectivity index (χ3v) is 4.26. The summed E-state index contributed by atoms with van der Waals surface area (Å²) >= 11 is 0. The quantitative estimate of drug-likeness (QED) is 0.689. The van der Waals surface area contributed by atoms with Crippen molar-refractivity contribution in [1.82, 2.24) is 5.32 Å². The van der Waals surface area contributed by atoms with Gasteiger partial charge in [-0.1, -0.05) is 32.9 Å². The van der Waals surface area contributed by atoms with Crippen molar-refractivity contribution in [3.63, 3.8) is 0 Å². The zero-order chi connectivity index (χ0) is 18.1. The van der Waals surface area contributed by atoms with E-state index in [-0.39, 0.29) is 18.4 Å². The lowest BCUT2D eigenvalue weighted by Crippen LogP contribution is -2.35. The molecule has 24 heavy (non-hydrogen) atoms. The Morgan fingerprint density at radius 2 is 1.79 bits per heavy atom. The van der Waals surface area contributed by atoms with Crippen molar-refractivity contribution in [3.05, 3.63) is 29.8 Å². The number of hydrogen-bond donors (Lipinski definition) is 2. The number of hydrogen-bond acceptors (Lipinski definition) is 3. The maximum absolute atomic E-state index is 11.9. The Bertz CT molecular complexity index is 525. The molecule has 0 aliphatic carbocycles. The summed E-state index contributed by atoms with van der Waals surface area (Å²) in [5.74, 6) is -0.158. The van der Waals surface area contributed by atoms with E-state index < -0.39 is 11.9 Å². The molecule has 0 bridgehead atoms. The van der Waals surface area contributed by atoms with Crippen molar-refractivity contribution < 1.29 is 19.4 Å².